The maximum Gasteiger partial charge on any atom is 0.191 e. The van der Waals surface area contributed by atoms with E-state index >= 15 is 0 Å². The molecular weight excluding hydrogens is 463 g/mol. The van der Waals surface area contributed by atoms with E-state index in [0.717, 1.165) is 24.0 Å². The highest BCUT2D eigenvalue weighted by atomic mass is 127. The second-order valence-corrected chi connectivity index (χ2v) is 7.18. The third kappa shape index (κ3) is 4.29. The first-order valence-corrected chi connectivity index (χ1v) is 9.59. The molecule has 0 spiro atoms. The van der Waals surface area contributed by atoms with E-state index in [1.54, 1.807) is 7.05 Å². The van der Waals surface area contributed by atoms with Crippen LogP contribution in [0.3, 0.4) is 0 Å². The molecular formula is C21H27IN6. The number of hydrogen-bond donors (Lipinski definition) is 2. The summed E-state index contributed by atoms with van der Waals surface area (Å²) < 4.78 is 1.99. The average Bonchev–Trinajstić information content (AvgIpc) is 3.37. The number of aliphatic imine (C=N–C) groups is 1. The molecule has 2 N–H and O–H groups in total. The molecule has 2 aromatic heterocycles. The zero-order chi connectivity index (χ0) is 18.5. The number of rotatable bonds is 5. The number of hydrogen-bond acceptors (Lipinski definition) is 3. The number of fused-ring (bicyclic) bond motifs is 1. The maximum atomic E-state index is 4.39. The number of benzene rings is 1. The topological polar surface area (TPSA) is 66.6 Å². The molecule has 0 amide bonds. The van der Waals surface area contributed by atoms with Crippen LogP contribution >= 0.6 is 24.0 Å². The van der Waals surface area contributed by atoms with Gasteiger partial charge >= 0.3 is 0 Å². The lowest BCUT2D eigenvalue weighted by atomic mass is 9.79. The van der Waals surface area contributed by atoms with E-state index in [0.29, 0.717) is 6.54 Å². The van der Waals surface area contributed by atoms with E-state index in [1.165, 1.54) is 31.2 Å². The summed E-state index contributed by atoms with van der Waals surface area (Å²) in [6.45, 7) is 1.46. The molecule has 1 saturated carbocycles. The van der Waals surface area contributed by atoms with E-state index in [2.05, 4.69) is 56.2 Å². The third-order valence-corrected chi connectivity index (χ3v) is 5.56. The first-order chi connectivity index (χ1) is 13.3. The van der Waals surface area contributed by atoms with Crippen molar-refractivity contribution in [3.05, 3.63) is 66.1 Å². The zero-order valence-corrected chi connectivity index (χ0v) is 18.5. The molecule has 1 aliphatic rings. The Bertz CT molecular complexity index is 915. The Kier molecular flexibility index (Phi) is 6.88. The van der Waals surface area contributed by atoms with Crippen molar-refractivity contribution in [1.29, 1.82) is 0 Å². The molecule has 1 fully saturated rings. The normalized spacial score (nSPS) is 16.0. The van der Waals surface area contributed by atoms with Crippen molar-refractivity contribution in [3.63, 3.8) is 0 Å². The van der Waals surface area contributed by atoms with Crippen LogP contribution in [0.1, 0.15) is 37.1 Å². The molecule has 1 aromatic carbocycles. The van der Waals surface area contributed by atoms with Crippen molar-refractivity contribution in [3.8, 4) is 0 Å². The van der Waals surface area contributed by atoms with Gasteiger partial charge in [0.15, 0.2) is 17.4 Å². The summed E-state index contributed by atoms with van der Waals surface area (Å²) in [4.78, 5) is 4.39. The fourth-order valence-electron chi connectivity index (χ4n) is 4.06. The summed E-state index contributed by atoms with van der Waals surface area (Å²) in [5.41, 5.74) is 2.47. The maximum absolute atomic E-state index is 4.39. The molecule has 0 atom stereocenters. The average molecular weight is 490 g/mol. The van der Waals surface area contributed by atoms with Crippen LogP contribution in [0.2, 0.25) is 0 Å². The summed E-state index contributed by atoms with van der Waals surface area (Å²) in [6.07, 6.45) is 6.99. The molecule has 6 nitrogen and oxygen atoms in total. The minimum absolute atomic E-state index is 0. The van der Waals surface area contributed by atoms with Gasteiger partial charge in [-0.1, -0.05) is 49.2 Å². The first-order valence-electron chi connectivity index (χ1n) is 9.59. The van der Waals surface area contributed by atoms with Crippen LogP contribution in [0.15, 0.2) is 59.7 Å². The fourth-order valence-corrected chi connectivity index (χ4v) is 4.06. The van der Waals surface area contributed by atoms with Crippen molar-refractivity contribution >= 4 is 35.6 Å². The fraction of sp³-hybridized carbons (Fsp3) is 0.381. The molecule has 28 heavy (non-hydrogen) atoms. The van der Waals surface area contributed by atoms with E-state index in [-0.39, 0.29) is 29.4 Å². The molecule has 1 aliphatic carbocycles. The number of pyridine rings is 1. The van der Waals surface area contributed by atoms with Gasteiger partial charge in [-0.2, -0.15) is 0 Å². The lowest BCUT2D eigenvalue weighted by molar-refractivity contribution is 0.431. The lowest BCUT2D eigenvalue weighted by Gasteiger charge is -2.30. The summed E-state index contributed by atoms with van der Waals surface area (Å²) in [5, 5.41) is 15.4. The smallest absolute Gasteiger partial charge is 0.191 e. The van der Waals surface area contributed by atoms with Gasteiger partial charge in [-0.3, -0.25) is 9.39 Å². The van der Waals surface area contributed by atoms with Crippen LogP contribution in [0.5, 0.6) is 0 Å². The third-order valence-electron chi connectivity index (χ3n) is 5.56. The van der Waals surface area contributed by atoms with Gasteiger partial charge in [0.05, 0.1) is 6.54 Å². The first kappa shape index (κ1) is 20.6. The minimum Gasteiger partial charge on any atom is -0.356 e. The number of guanidine groups is 1. The molecule has 4 rings (SSSR count). The molecule has 3 aromatic rings. The van der Waals surface area contributed by atoms with Crippen LogP contribution in [-0.4, -0.2) is 34.2 Å². The van der Waals surface area contributed by atoms with Gasteiger partial charge in [0.2, 0.25) is 0 Å². The zero-order valence-electron chi connectivity index (χ0n) is 16.1. The Hall–Kier alpha value is -2.16. The Morgan fingerprint density at radius 3 is 2.54 bits per heavy atom. The minimum atomic E-state index is 0. The van der Waals surface area contributed by atoms with E-state index in [9.17, 15) is 0 Å². The predicted molar refractivity (Wildman–Crippen MR) is 123 cm³/mol. The molecule has 0 saturated heterocycles. The van der Waals surface area contributed by atoms with Crippen molar-refractivity contribution in [2.24, 2.45) is 4.99 Å². The van der Waals surface area contributed by atoms with Crippen LogP contribution in [0.25, 0.3) is 5.65 Å². The Morgan fingerprint density at radius 1 is 1.04 bits per heavy atom. The second-order valence-electron chi connectivity index (χ2n) is 7.18. The quantitative estimate of drug-likeness (QED) is 0.327. The number of halogens is 1. The van der Waals surface area contributed by atoms with Crippen molar-refractivity contribution in [2.45, 2.75) is 37.6 Å². The molecule has 148 valence electrons. The summed E-state index contributed by atoms with van der Waals surface area (Å²) in [7, 11) is 1.81. The van der Waals surface area contributed by atoms with Crippen LogP contribution in [-0.2, 0) is 12.0 Å². The van der Waals surface area contributed by atoms with Crippen LogP contribution < -0.4 is 10.6 Å². The molecule has 0 aliphatic heterocycles. The van der Waals surface area contributed by atoms with Crippen molar-refractivity contribution in [2.75, 3.05) is 13.6 Å². The largest absolute Gasteiger partial charge is 0.356 e. The number of aromatic nitrogens is 3. The highest BCUT2D eigenvalue weighted by Gasteiger charge is 2.35. The van der Waals surface area contributed by atoms with Gasteiger partial charge in [0.25, 0.3) is 0 Å². The molecule has 0 unspecified atom stereocenters. The van der Waals surface area contributed by atoms with Gasteiger partial charge in [-0.15, -0.1) is 34.2 Å². The molecule has 7 heteroatoms. The summed E-state index contributed by atoms with van der Waals surface area (Å²) in [5.74, 6) is 1.66. The number of nitrogens with zero attached hydrogens (tertiary/aromatic N) is 4. The number of nitrogens with one attached hydrogen (secondary N) is 2. The SMILES string of the molecule is CN=C(NCc1nnc2ccccn12)NCC1(c2ccccc2)CCCC1.I. The summed E-state index contributed by atoms with van der Waals surface area (Å²) in [6, 6.07) is 16.8. The Labute approximate surface area is 182 Å². The highest BCUT2D eigenvalue weighted by molar-refractivity contribution is 14.0. The van der Waals surface area contributed by atoms with E-state index < -0.39 is 0 Å². The van der Waals surface area contributed by atoms with E-state index in [4.69, 9.17) is 0 Å². The summed E-state index contributed by atoms with van der Waals surface area (Å²) >= 11 is 0. The second kappa shape index (κ2) is 9.36. The highest BCUT2D eigenvalue weighted by Crippen LogP contribution is 2.40. The Morgan fingerprint density at radius 2 is 1.79 bits per heavy atom. The van der Waals surface area contributed by atoms with Crippen molar-refractivity contribution in [1.82, 2.24) is 25.2 Å². The van der Waals surface area contributed by atoms with Gasteiger partial charge in [-0.05, 0) is 30.5 Å². The van der Waals surface area contributed by atoms with Crippen molar-refractivity contribution < 1.29 is 0 Å². The lowest BCUT2D eigenvalue weighted by Crippen LogP contribution is -2.44. The molecule has 0 bridgehead atoms. The molecule has 2 heterocycles. The monoisotopic (exact) mass is 490 g/mol. The van der Waals surface area contributed by atoms with Crippen LogP contribution in [0, 0.1) is 0 Å². The molecule has 0 radical (unpaired) electrons. The Balaban J connectivity index is 0.00000225. The van der Waals surface area contributed by atoms with Gasteiger partial charge in [-0.25, -0.2) is 0 Å². The van der Waals surface area contributed by atoms with Crippen LogP contribution in [0.4, 0.5) is 0 Å². The van der Waals surface area contributed by atoms with E-state index in [1.807, 2.05) is 28.8 Å². The van der Waals surface area contributed by atoms with Gasteiger partial charge in [0.1, 0.15) is 0 Å². The predicted octanol–water partition coefficient (Wildman–Crippen LogP) is 3.52. The standard InChI is InChI=1S/C21H26N6.HI/c1-22-20(23-15-19-26-25-18-11-5-8-14-27(18)19)24-16-21(12-6-7-13-21)17-9-3-2-4-10-17;/h2-5,8-11,14H,6-7,12-13,15-16H2,1H3,(H2,22,23,24);1H. The van der Waals surface area contributed by atoms with Gasteiger partial charge in [0, 0.05) is 25.2 Å². The van der Waals surface area contributed by atoms with Gasteiger partial charge < -0.3 is 10.6 Å².